The van der Waals surface area contributed by atoms with Crippen molar-refractivity contribution in [2.45, 2.75) is 0 Å². The second-order valence-corrected chi connectivity index (χ2v) is 2.47. The Morgan fingerprint density at radius 1 is 1.85 bits per heavy atom. The summed E-state index contributed by atoms with van der Waals surface area (Å²) in [6.45, 7) is 0. The maximum absolute atomic E-state index is 11.1. The van der Waals surface area contributed by atoms with Crippen molar-refractivity contribution in [3.05, 3.63) is 22.2 Å². The molecule has 0 amide bonds. The van der Waals surface area contributed by atoms with E-state index in [0.29, 0.717) is 0 Å². The Labute approximate surface area is 79.0 Å². The summed E-state index contributed by atoms with van der Waals surface area (Å²) in [4.78, 5) is 17.2. The van der Waals surface area contributed by atoms with Gasteiger partial charge in [0.2, 0.25) is 0 Å². The Balaban J connectivity index is 3.34. The van der Waals surface area contributed by atoms with Crippen molar-refractivity contribution in [1.82, 2.24) is 9.97 Å². The Bertz CT molecular complexity index is 432. The van der Waals surface area contributed by atoms with Crippen LogP contribution in [0.15, 0.2) is 6.20 Å². The number of H-pyrrole nitrogens is 1. The molecule has 66 valence electrons. The van der Waals surface area contributed by atoms with Gasteiger partial charge in [-0.25, -0.2) is 9.78 Å². The smallest absolute Gasteiger partial charge is 0.355 e. The minimum absolute atomic E-state index is 0.0324. The molecule has 1 aromatic rings. The minimum Gasteiger partial charge on any atom is -0.464 e. The van der Waals surface area contributed by atoms with Gasteiger partial charge in [-0.2, -0.15) is 5.26 Å². The molecular weight excluding hydrogens is 190 g/mol. The molecule has 0 aliphatic rings. The quantitative estimate of drug-likeness (QED) is 0.529. The van der Waals surface area contributed by atoms with Gasteiger partial charge in [0.05, 0.1) is 13.3 Å². The number of hydrogen-bond donors (Lipinski definition) is 1. The molecule has 6 heteroatoms. The summed E-state index contributed by atoms with van der Waals surface area (Å²) in [5.74, 6) is -0.634. The number of carbonyl (C=O) groups excluding carboxylic acids is 1. The fourth-order valence-electron chi connectivity index (χ4n) is 0.742. The lowest BCUT2D eigenvalue weighted by Gasteiger charge is -1.99. The highest BCUT2D eigenvalue weighted by atomic mass is 32.1. The molecule has 13 heavy (non-hydrogen) atoms. The summed E-state index contributed by atoms with van der Waals surface area (Å²) >= 11 is 4.69. The lowest BCUT2D eigenvalue weighted by Crippen LogP contribution is -2.08. The standard InChI is InChI=1S/C7H5N3O2S/c1-12-6(11)5-4(2-8)3-9-7(13)10-5/h3H,1H3,(H,9,10,13). The highest BCUT2D eigenvalue weighted by Gasteiger charge is 2.11. The van der Waals surface area contributed by atoms with Gasteiger partial charge in [-0.15, -0.1) is 0 Å². The normalized spacial score (nSPS) is 8.92. The zero-order valence-corrected chi connectivity index (χ0v) is 7.51. The van der Waals surface area contributed by atoms with E-state index in [2.05, 4.69) is 14.7 Å². The van der Waals surface area contributed by atoms with Crippen LogP contribution >= 0.6 is 12.2 Å². The molecule has 5 nitrogen and oxygen atoms in total. The molecule has 0 atom stereocenters. The highest BCUT2D eigenvalue weighted by Crippen LogP contribution is 2.03. The fourth-order valence-corrected chi connectivity index (χ4v) is 0.897. The summed E-state index contributed by atoms with van der Waals surface area (Å²) in [6.07, 6.45) is 1.23. The van der Waals surface area contributed by atoms with Crippen LogP contribution in [0, 0.1) is 16.1 Å². The summed E-state index contributed by atoms with van der Waals surface area (Å²) in [5.41, 5.74) is 0.144. The number of aromatic nitrogens is 2. The number of nitriles is 1. The van der Waals surface area contributed by atoms with E-state index in [0.717, 1.165) is 0 Å². The van der Waals surface area contributed by atoms with Crippen LogP contribution in [0.3, 0.4) is 0 Å². The Hall–Kier alpha value is -1.74. The van der Waals surface area contributed by atoms with Gasteiger partial charge in [0.15, 0.2) is 4.77 Å². The molecule has 0 spiro atoms. The van der Waals surface area contributed by atoms with Crippen LogP contribution in [-0.4, -0.2) is 23.0 Å². The SMILES string of the molecule is COC(=O)c1[nH]c(=S)ncc1C#N. The van der Waals surface area contributed by atoms with E-state index in [1.165, 1.54) is 13.3 Å². The molecule has 0 saturated carbocycles. The van der Waals surface area contributed by atoms with Crippen LogP contribution in [0.1, 0.15) is 16.1 Å². The third kappa shape index (κ3) is 1.89. The molecular formula is C7H5N3O2S. The molecule has 1 rings (SSSR count). The average Bonchev–Trinajstić information content (AvgIpc) is 2.16. The van der Waals surface area contributed by atoms with Crippen molar-refractivity contribution >= 4 is 18.2 Å². The molecule has 0 aliphatic heterocycles. The van der Waals surface area contributed by atoms with Crippen LogP contribution < -0.4 is 0 Å². The predicted molar refractivity (Wildman–Crippen MR) is 45.5 cm³/mol. The average molecular weight is 195 g/mol. The summed E-state index contributed by atoms with van der Waals surface area (Å²) in [7, 11) is 1.22. The molecule has 1 N–H and O–H groups in total. The van der Waals surface area contributed by atoms with E-state index in [4.69, 9.17) is 17.5 Å². The van der Waals surface area contributed by atoms with Crippen LogP contribution in [0.25, 0.3) is 0 Å². The molecule has 0 unspecified atom stereocenters. The van der Waals surface area contributed by atoms with Crippen molar-refractivity contribution in [3.8, 4) is 6.07 Å². The number of esters is 1. The molecule has 0 saturated heterocycles. The van der Waals surface area contributed by atoms with Gasteiger partial charge in [-0.3, -0.25) is 0 Å². The van der Waals surface area contributed by atoms with Crippen molar-refractivity contribution in [1.29, 1.82) is 5.26 Å². The monoisotopic (exact) mass is 195 g/mol. The predicted octanol–water partition coefficient (Wildman–Crippen LogP) is 0.797. The molecule has 1 aromatic heterocycles. The van der Waals surface area contributed by atoms with E-state index in [1.807, 2.05) is 0 Å². The fraction of sp³-hybridized carbons (Fsp3) is 0.143. The number of rotatable bonds is 1. The summed E-state index contributed by atoms with van der Waals surface area (Å²) < 4.78 is 4.58. The van der Waals surface area contributed by atoms with E-state index >= 15 is 0 Å². The van der Waals surface area contributed by atoms with Crippen molar-refractivity contribution < 1.29 is 9.53 Å². The zero-order chi connectivity index (χ0) is 9.84. The number of ether oxygens (including phenoxy) is 1. The number of carbonyl (C=O) groups is 1. The number of nitrogens with one attached hydrogen (secondary N) is 1. The molecule has 0 bridgehead atoms. The maximum atomic E-state index is 11.1. The topological polar surface area (TPSA) is 78.8 Å². The molecule has 1 heterocycles. The van der Waals surface area contributed by atoms with Crippen molar-refractivity contribution in [2.24, 2.45) is 0 Å². The van der Waals surface area contributed by atoms with Crippen LogP contribution in [0.4, 0.5) is 0 Å². The van der Waals surface area contributed by atoms with Crippen molar-refractivity contribution in [3.63, 3.8) is 0 Å². The first-order valence-electron chi connectivity index (χ1n) is 3.26. The summed E-state index contributed by atoms with van der Waals surface area (Å²) in [6, 6.07) is 1.80. The number of nitrogens with zero attached hydrogens (tertiary/aromatic N) is 2. The van der Waals surface area contributed by atoms with Crippen LogP contribution in [0.5, 0.6) is 0 Å². The highest BCUT2D eigenvalue weighted by molar-refractivity contribution is 7.71. The first kappa shape index (κ1) is 9.35. The van der Waals surface area contributed by atoms with Gasteiger partial charge in [-0.05, 0) is 12.2 Å². The number of hydrogen-bond acceptors (Lipinski definition) is 5. The zero-order valence-electron chi connectivity index (χ0n) is 6.70. The second kappa shape index (κ2) is 3.78. The van der Waals surface area contributed by atoms with Gasteiger partial charge in [0.25, 0.3) is 0 Å². The Morgan fingerprint density at radius 3 is 3.08 bits per heavy atom. The molecule has 0 aliphatic carbocycles. The van der Waals surface area contributed by atoms with E-state index in [-0.39, 0.29) is 16.0 Å². The number of methoxy groups -OCH3 is 1. The van der Waals surface area contributed by atoms with Crippen molar-refractivity contribution in [2.75, 3.05) is 7.11 Å². The first-order valence-corrected chi connectivity index (χ1v) is 3.67. The van der Waals surface area contributed by atoms with E-state index in [1.54, 1.807) is 6.07 Å². The Morgan fingerprint density at radius 2 is 2.54 bits per heavy atom. The van der Waals surface area contributed by atoms with E-state index < -0.39 is 5.97 Å². The number of aromatic amines is 1. The first-order chi connectivity index (χ1) is 6.19. The third-order valence-electron chi connectivity index (χ3n) is 1.32. The maximum Gasteiger partial charge on any atom is 0.355 e. The largest absolute Gasteiger partial charge is 0.464 e. The van der Waals surface area contributed by atoms with Gasteiger partial charge in [-0.1, -0.05) is 0 Å². The second-order valence-electron chi connectivity index (χ2n) is 2.08. The van der Waals surface area contributed by atoms with E-state index in [9.17, 15) is 4.79 Å². The summed E-state index contributed by atoms with van der Waals surface area (Å²) in [5, 5.41) is 8.60. The Kier molecular flexibility index (Phi) is 2.72. The lowest BCUT2D eigenvalue weighted by atomic mass is 10.2. The third-order valence-corrected chi connectivity index (χ3v) is 1.53. The minimum atomic E-state index is -0.634. The van der Waals surface area contributed by atoms with Gasteiger partial charge in [0.1, 0.15) is 17.3 Å². The molecule has 0 aromatic carbocycles. The van der Waals surface area contributed by atoms with Gasteiger partial charge < -0.3 is 9.72 Å². The van der Waals surface area contributed by atoms with Gasteiger partial charge in [0, 0.05) is 0 Å². The lowest BCUT2D eigenvalue weighted by molar-refractivity contribution is 0.0593. The van der Waals surface area contributed by atoms with Crippen LogP contribution in [0.2, 0.25) is 0 Å². The van der Waals surface area contributed by atoms with Crippen LogP contribution in [-0.2, 0) is 4.74 Å². The van der Waals surface area contributed by atoms with Gasteiger partial charge >= 0.3 is 5.97 Å². The molecule has 0 radical (unpaired) electrons. The molecule has 0 fully saturated rings.